The quantitative estimate of drug-likeness (QED) is 0.757. The molecular weight excluding hydrogens is 266 g/mol. The SMILES string of the molecule is CCN(C(=O)c1c[nH]c(=O)cn1)C1COCC1C(=O)O. The molecule has 8 nitrogen and oxygen atoms in total. The van der Waals surface area contributed by atoms with Gasteiger partial charge in [0.1, 0.15) is 11.6 Å². The van der Waals surface area contributed by atoms with E-state index in [9.17, 15) is 14.4 Å². The normalized spacial score (nSPS) is 21.6. The van der Waals surface area contributed by atoms with Crippen molar-refractivity contribution in [3.8, 4) is 0 Å². The highest BCUT2D eigenvalue weighted by Gasteiger charge is 2.39. The van der Waals surface area contributed by atoms with Crippen molar-refractivity contribution in [3.63, 3.8) is 0 Å². The van der Waals surface area contributed by atoms with E-state index < -0.39 is 29.4 Å². The number of aromatic amines is 1. The van der Waals surface area contributed by atoms with Gasteiger partial charge in [-0.3, -0.25) is 14.4 Å². The van der Waals surface area contributed by atoms with Gasteiger partial charge in [0.05, 0.1) is 25.5 Å². The fraction of sp³-hybridized carbons (Fsp3) is 0.500. The summed E-state index contributed by atoms with van der Waals surface area (Å²) in [6.45, 7) is 2.35. The Morgan fingerprint density at radius 1 is 1.55 bits per heavy atom. The molecular formula is C12H15N3O5. The number of nitrogens with one attached hydrogen (secondary N) is 1. The predicted octanol–water partition coefficient (Wildman–Crippen LogP) is -0.668. The number of hydrogen-bond donors (Lipinski definition) is 2. The van der Waals surface area contributed by atoms with Crippen LogP contribution in [0.5, 0.6) is 0 Å². The third kappa shape index (κ3) is 2.69. The van der Waals surface area contributed by atoms with Gasteiger partial charge in [0.2, 0.25) is 0 Å². The predicted molar refractivity (Wildman–Crippen MR) is 67.3 cm³/mol. The maximum Gasteiger partial charge on any atom is 0.311 e. The molecule has 2 heterocycles. The molecule has 1 fully saturated rings. The summed E-state index contributed by atoms with van der Waals surface area (Å²) in [5.41, 5.74) is -0.334. The number of ether oxygens (including phenoxy) is 1. The molecule has 0 spiro atoms. The van der Waals surface area contributed by atoms with Crippen molar-refractivity contribution in [2.75, 3.05) is 19.8 Å². The summed E-state index contributed by atoms with van der Waals surface area (Å²) in [5, 5.41) is 9.14. The number of aliphatic carboxylic acids is 1. The molecule has 20 heavy (non-hydrogen) atoms. The van der Waals surface area contributed by atoms with Crippen molar-refractivity contribution in [2.24, 2.45) is 5.92 Å². The van der Waals surface area contributed by atoms with E-state index in [4.69, 9.17) is 9.84 Å². The van der Waals surface area contributed by atoms with Crippen molar-refractivity contribution in [3.05, 3.63) is 28.4 Å². The van der Waals surface area contributed by atoms with Gasteiger partial charge in [-0.25, -0.2) is 4.98 Å². The molecule has 1 saturated heterocycles. The van der Waals surface area contributed by atoms with Gasteiger partial charge < -0.3 is 19.7 Å². The molecule has 2 atom stereocenters. The van der Waals surface area contributed by atoms with Crippen molar-refractivity contribution in [1.29, 1.82) is 0 Å². The van der Waals surface area contributed by atoms with Crippen LogP contribution in [0.15, 0.2) is 17.2 Å². The zero-order valence-electron chi connectivity index (χ0n) is 10.9. The van der Waals surface area contributed by atoms with Gasteiger partial charge in [0, 0.05) is 12.7 Å². The van der Waals surface area contributed by atoms with E-state index in [-0.39, 0.29) is 18.9 Å². The van der Waals surface area contributed by atoms with Gasteiger partial charge in [0.25, 0.3) is 11.5 Å². The van der Waals surface area contributed by atoms with Crippen LogP contribution < -0.4 is 5.56 Å². The third-order valence-electron chi connectivity index (χ3n) is 3.26. The van der Waals surface area contributed by atoms with E-state index in [1.807, 2.05) is 0 Å². The van der Waals surface area contributed by atoms with Crippen LogP contribution in [0.3, 0.4) is 0 Å². The summed E-state index contributed by atoms with van der Waals surface area (Å²) in [4.78, 5) is 42.0. The molecule has 2 unspecified atom stereocenters. The number of aromatic nitrogens is 2. The summed E-state index contributed by atoms with van der Waals surface area (Å²) in [6, 6.07) is -0.529. The molecule has 108 valence electrons. The topological polar surface area (TPSA) is 113 Å². The summed E-state index contributed by atoms with van der Waals surface area (Å²) in [6.07, 6.45) is 2.24. The number of hydrogen-bond acceptors (Lipinski definition) is 5. The molecule has 1 aliphatic rings. The van der Waals surface area contributed by atoms with Crippen molar-refractivity contribution in [2.45, 2.75) is 13.0 Å². The second kappa shape index (κ2) is 5.83. The Labute approximate surface area is 114 Å². The van der Waals surface area contributed by atoms with Crippen LogP contribution in [-0.4, -0.2) is 57.7 Å². The zero-order chi connectivity index (χ0) is 14.7. The number of amides is 1. The highest BCUT2D eigenvalue weighted by atomic mass is 16.5. The minimum atomic E-state index is -0.992. The summed E-state index contributed by atoms with van der Waals surface area (Å²) >= 11 is 0. The Hall–Kier alpha value is -2.22. The maximum absolute atomic E-state index is 12.3. The van der Waals surface area contributed by atoms with Crippen molar-refractivity contribution in [1.82, 2.24) is 14.9 Å². The number of H-pyrrole nitrogens is 1. The van der Waals surface area contributed by atoms with E-state index in [2.05, 4.69) is 9.97 Å². The van der Waals surface area contributed by atoms with E-state index in [1.54, 1.807) is 6.92 Å². The standard InChI is InChI=1S/C12H15N3O5/c1-2-15(9-6-20-5-7(9)12(18)19)11(17)8-3-14-10(16)4-13-8/h3-4,7,9H,2,5-6H2,1H3,(H,14,16)(H,18,19). The highest BCUT2D eigenvalue weighted by molar-refractivity contribution is 5.92. The smallest absolute Gasteiger partial charge is 0.311 e. The average molecular weight is 281 g/mol. The average Bonchev–Trinajstić information content (AvgIpc) is 2.89. The summed E-state index contributed by atoms with van der Waals surface area (Å²) < 4.78 is 5.17. The number of likely N-dealkylation sites (N-methyl/N-ethyl adjacent to an activating group) is 1. The third-order valence-corrected chi connectivity index (χ3v) is 3.26. The molecule has 1 aromatic heterocycles. The van der Waals surface area contributed by atoms with Gasteiger partial charge in [-0.1, -0.05) is 0 Å². The van der Waals surface area contributed by atoms with E-state index >= 15 is 0 Å². The van der Waals surface area contributed by atoms with E-state index in [0.29, 0.717) is 6.54 Å². The molecule has 0 bridgehead atoms. The lowest BCUT2D eigenvalue weighted by molar-refractivity contribution is -0.142. The zero-order valence-corrected chi connectivity index (χ0v) is 10.9. The van der Waals surface area contributed by atoms with Crippen LogP contribution in [0.1, 0.15) is 17.4 Å². The second-order valence-electron chi connectivity index (χ2n) is 4.44. The Kier molecular flexibility index (Phi) is 4.14. The Morgan fingerprint density at radius 3 is 2.85 bits per heavy atom. The highest BCUT2D eigenvalue weighted by Crippen LogP contribution is 2.21. The monoisotopic (exact) mass is 281 g/mol. The van der Waals surface area contributed by atoms with Crippen molar-refractivity contribution < 1.29 is 19.4 Å². The number of carbonyl (C=O) groups excluding carboxylic acids is 1. The van der Waals surface area contributed by atoms with E-state index in [1.165, 1.54) is 11.1 Å². The number of carboxylic acids is 1. The molecule has 0 aliphatic carbocycles. The Morgan fingerprint density at radius 2 is 2.30 bits per heavy atom. The van der Waals surface area contributed by atoms with Crippen molar-refractivity contribution >= 4 is 11.9 Å². The molecule has 0 radical (unpaired) electrons. The summed E-state index contributed by atoms with van der Waals surface area (Å²) in [7, 11) is 0. The van der Waals surface area contributed by atoms with Crippen LogP contribution in [0.4, 0.5) is 0 Å². The second-order valence-corrected chi connectivity index (χ2v) is 4.44. The first-order chi connectivity index (χ1) is 9.54. The van der Waals surface area contributed by atoms with Crippen LogP contribution in [0, 0.1) is 5.92 Å². The number of carboxylic acid groups (broad SMARTS) is 1. The van der Waals surface area contributed by atoms with Gasteiger partial charge in [0.15, 0.2) is 0 Å². The van der Waals surface area contributed by atoms with Crippen LogP contribution in [-0.2, 0) is 9.53 Å². The number of rotatable bonds is 4. The Bertz CT molecular complexity index is 550. The van der Waals surface area contributed by atoms with Gasteiger partial charge >= 0.3 is 5.97 Å². The summed E-state index contributed by atoms with van der Waals surface area (Å²) in [5.74, 6) is -2.17. The van der Waals surface area contributed by atoms with Gasteiger partial charge in [-0.05, 0) is 6.92 Å². The molecule has 1 aliphatic heterocycles. The fourth-order valence-corrected chi connectivity index (χ4v) is 2.22. The maximum atomic E-state index is 12.3. The molecule has 2 N–H and O–H groups in total. The molecule has 0 aromatic carbocycles. The van der Waals surface area contributed by atoms with Crippen LogP contribution in [0.25, 0.3) is 0 Å². The minimum absolute atomic E-state index is 0.0717. The lowest BCUT2D eigenvalue weighted by Gasteiger charge is -2.28. The molecule has 8 heteroatoms. The van der Waals surface area contributed by atoms with Crippen LogP contribution >= 0.6 is 0 Å². The molecule has 2 rings (SSSR count). The van der Waals surface area contributed by atoms with Crippen LogP contribution in [0.2, 0.25) is 0 Å². The molecule has 1 aromatic rings. The fourth-order valence-electron chi connectivity index (χ4n) is 2.22. The molecule has 1 amide bonds. The first kappa shape index (κ1) is 14.2. The Balaban J connectivity index is 2.23. The van der Waals surface area contributed by atoms with E-state index in [0.717, 1.165) is 6.20 Å². The lowest BCUT2D eigenvalue weighted by atomic mass is 10.0. The number of nitrogens with zero attached hydrogens (tertiary/aromatic N) is 2. The lowest BCUT2D eigenvalue weighted by Crippen LogP contribution is -2.46. The largest absolute Gasteiger partial charge is 0.481 e. The first-order valence-corrected chi connectivity index (χ1v) is 6.20. The van der Waals surface area contributed by atoms with Gasteiger partial charge in [-0.2, -0.15) is 0 Å². The minimum Gasteiger partial charge on any atom is -0.481 e. The first-order valence-electron chi connectivity index (χ1n) is 6.20. The number of carbonyl (C=O) groups is 2. The molecule has 0 saturated carbocycles. The van der Waals surface area contributed by atoms with Gasteiger partial charge in [-0.15, -0.1) is 0 Å².